The first kappa shape index (κ1) is 10.9. The van der Waals surface area contributed by atoms with Crippen LogP contribution < -0.4 is 10.4 Å². The van der Waals surface area contributed by atoms with Crippen LogP contribution in [-0.2, 0) is 0 Å². The molecule has 4 rings (SSSR count). The Hall–Kier alpha value is -2.95. The van der Waals surface area contributed by atoms with Crippen LogP contribution in [0.5, 0.6) is 23.0 Å². The minimum Gasteiger partial charge on any atom is -0.508 e. The molecule has 2 aromatic carbocycles. The number of hydrogen-bond acceptors (Lipinski definition) is 5. The number of phenols is 2. The third kappa shape index (κ3) is 1.29. The summed E-state index contributed by atoms with van der Waals surface area (Å²) >= 11 is 0. The highest BCUT2D eigenvalue weighted by Crippen LogP contribution is 2.47. The number of phenolic OH excluding ortho intramolecular Hbond substituents is 2. The van der Waals surface area contributed by atoms with Gasteiger partial charge in [0.15, 0.2) is 0 Å². The largest absolute Gasteiger partial charge is 0.508 e. The fourth-order valence-electron chi connectivity index (χ4n) is 2.50. The maximum atomic E-state index is 11.8. The molecule has 0 atom stereocenters. The minimum atomic E-state index is -0.629. The van der Waals surface area contributed by atoms with Gasteiger partial charge in [-0.2, -0.15) is 0 Å². The lowest BCUT2D eigenvalue weighted by molar-refractivity contribution is 0.458. The van der Waals surface area contributed by atoms with E-state index in [9.17, 15) is 15.0 Å². The Morgan fingerprint density at radius 3 is 2.55 bits per heavy atom. The van der Waals surface area contributed by atoms with Crippen molar-refractivity contribution in [3.63, 3.8) is 0 Å². The summed E-state index contributed by atoms with van der Waals surface area (Å²) in [7, 11) is 0. The van der Waals surface area contributed by atoms with Crippen LogP contribution in [0, 0.1) is 0 Å². The van der Waals surface area contributed by atoms with Crippen LogP contribution in [0.4, 0.5) is 0 Å². The van der Waals surface area contributed by atoms with Gasteiger partial charge in [0.2, 0.25) is 0 Å². The van der Waals surface area contributed by atoms with E-state index in [1.807, 2.05) is 0 Å². The smallest absolute Gasteiger partial charge is 0.347 e. The van der Waals surface area contributed by atoms with Gasteiger partial charge in [0, 0.05) is 16.5 Å². The molecule has 0 aliphatic carbocycles. The van der Waals surface area contributed by atoms with Crippen molar-refractivity contribution in [1.29, 1.82) is 0 Å². The van der Waals surface area contributed by atoms with Gasteiger partial charge in [-0.3, -0.25) is 0 Å². The Morgan fingerprint density at radius 2 is 1.70 bits per heavy atom. The second kappa shape index (κ2) is 3.54. The molecule has 0 fully saturated rings. The minimum absolute atomic E-state index is 0.0778. The number of ether oxygens (including phenoxy) is 1. The zero-order valence-electron chi connectivity index (χ0n) is 10.1. The van der Waals surface area contributed by atoms with Crippen molar-refractivity contribution in [2.45, 2.75) is 0 Å². The molecule has 0 spiro atoms. The van der Waals surface area contributed by atoms with Crippen molar-refractivity contribution in [2.24, 2.45) is 0 Å². The van der Waals surface area contributed by atoms with E-state index >= 15 is 0 Å². The SMILES string of the molecule is O=c1occ2c3c(ccc(O)c13)Oc1ccc(O)cc1-2. The molecule has 5 nitrogen and oxygen atoms in total. The van der Waals surface area contributed by atoms with E-state index in [0.717, 1.165) is 0 Å². The summed E-state index contributed by atoms with van der Waals surface area (Å²) in [5.74, 6) is 0.942. The molecule has 0 unspecified atom stereocenters. The molecule has 0 bridgehead atoms. The molecule has 0 radical (unpaired) electrons. The first-order valence-corrected chi connectivity index (χ1v) is 5.94. The van der Waals surface area contributed by atoms with Crippen molar-refractivity contribution >= 4 is 10.8 Å². The van der Waals surface area contributed by atoms with E-state index in [4.69, 9.17) is 9.15 Å². The van der Waals surface area contributed by atoms with Crippen molar-refractivity contribution < 1.29 is 19.4 Å². The zero-order chi connectivity index (χ0) is 13.9. The van der Waals surface area contributed by atoms with E-state index < -0.39 is 5.63 Å². The third-order valence-corrected chi connectivity index (χ3v) is 3.38. The molecular weight excluding hydrogens is 260 g/mol. The highest BCUT2D eigenvalue weighted by atomic mass is 16.5. The maximum absolute atomic E-state index is 11.8. The summed E-state index contributed by atoms with van der Waals surface area (Å²) in [4.78, 5) is 11.8. The van der Waals surface area contributed by atoms with Crippen LogP contribution in [0.1, 0.15) is 0 Å². The molecular formula is C15H8O5. The molecule has 1 aliphatic heterocycles. The van der Waals surface area contributed by atoms with E-state index in [1.165, 1.54) is 24.5 Å². The third-order valence-electron chi connectivity index (χ3n) is 3.38. The maximum Gasteiger partial charge on any atom is 0.347 e. The molecule has 3 aromatic rings. The lowest BCUT2D eigenvalue weighted by atomic mass is 9.97. The molecule has 2 heterocycles. The van der Waals surface area contributed by atoms with Gasteiger partial charge >= 0.3 is 5.63 Å². The Balaban J connectivity index is 2.24. The number of aromatic hydroxyl groups is 2. The van der Waals surface area contributed by atoms with Gasteiger partial charge in [0.1, 0.15) is 34.6 Å². The first-order valence-electron chi connectivity index (χ1n) is 5.94. The van der Waals surface area contributed by atoms with E-state index in [0.29, 0.717) is 28.0 Å². The quantitative estimate of drug-likeness (QED) is 0.512. The normalized spacial score (nSPS) is 12.0. The monoisotopic (exact) mass is 268 g/mol. The average Bonchev–Trinajstić information content (AvgIpc) is 2.44. The lowest BCUT2D eigenvalue weighted by Crippen LogP contribution is -2.04. The molecule has 1 aromatic heterocycles. The number of hydrogen-bond donors (Lipinski definition) is 2. The number of benzene rings is 2. The molecule has 2 N–H and O–H groups in total. The van der Waals surface area contributed by atoms with Crippen LogP contribution in [-0.4, -0.2) is 10.2 Å². The van der Waals surface area contributed by atoms with E-state index in [1.54, 1.807) is 12.1 Å². The topological polar surface area (TPSA) is 79.9 Å². The van der Waals surface area contributed by atoms with Crippen LogP contribution in [0.2, 0.25) is 0 Å². The van der Waals surface area contributed by atoms with Crippen LogP contribution in [0.15, 0.2) is 45.8 Å². The van der Waals surface area contributed by atoms with Crippen molar-refractivity contribution in [3.8, 4) is 34.1 Å². The van der Waals surface area contributed by atoms with Crippen molar-refractivity contribution in [1.82, 2.24) is 0 Å². The molecule has 20 heavy (non-hydrogen) atoms. The molecule has 98 valence electrons. The number of fused-ring (bicyclic) bond motifs is 2. The van der Waals surface area contributed by atoms with Crippen molar-refractivity contribution in [3.05, 3.63) is 47.0 Å². The lowest BCUT2D eigenvalue weighted by Gasteiger charge is -2.20. The summed E-state index contributed by atoms with van der Waals surface area (Å²) in [6, 6.07) is 7.66. The van der Waals surface area contributed by atoms with Crippen LogP contribution >= 0.6 is 0 Å². The standard InChI is InChI=1S/C15H8O5/c16-7-1-3-11-8(5-7)9-6-19-15(18)14-10(17)2-4-12(20-11)13(9)14/h1-6,16-17H. The van der Waals surface area contributed by atoms with Gasteiger partial charge in [-0.1, -0.05) is 0 Å². The Kier molecular flexibility index (Phi) is 1.93. The summed E-state index contributed by atoms with van der Waals surface area (Å²) < 4.78 is 10.7. The predicted octanol–water partition coefficient (Wildman–Crippen LogP) is 2.98. The Labute approximate surface area is 112 Å². The predicted molar refractivity (Wildman–Crippen MR) is 71.3 cm³/mol. The molecule has 5 heteroatoms. The molecule has 0 saturated carbocycles. The zero-order valence-corrected chi connectivity index (χ0v) is 10.1. The Bertz CT molecular complexity index is 923. The summed E-state index contributed by atoms with van der Waals surface area (Å²) in [6.07, 6.45) is 1.31. The van der Waals surface area contributed by atoms with Gasteiger partial charge < -0.3 is 19.4 Å². The Morgan fingerprint density at radius 1 is 0.900 bits per heavy atom. The summed E-state index contributed by atoms with van der Waals surface area (Å²) in [5.41, 5.74) is 0.579. The van der Waals surface area contributed by atoms with Crippen LogP contribution in [0.3, 0.4) is 0 Å². The summed E-state index contributed by atoms with van der Waals surface area (Å²) in [5, 5.41) is 20.0. The van der Waals surface area contributed by atoms with E-state index in [-0.39, 0.29) is 16.9 Å². The highest BCUT2D eigenvalue weighted by Gasteiger charge is 2.24. The van der Waals surface area contributed by atoms with Gasteiger partial charge in [-0.25, -0.2) is 4.79 Å². The van der Waals surface area contributed by atoms with Gasteiger partial charge in [0.25, 0.3) is 0 Å². The first-order chi connectivity index (χ1) is 9.65. The number of rotatable bonds is 0. The van der Waals surface area contributed by atoms with Gasteiger partial charge in [0.05, 0.1) is 0 Å². The van der Waals surface area contributed by atoms with Gasteiger partial charge in [-0.05, 0) is 30.3 Å². The van der Waals surface area contributed by atoms with E-state index in [2.05, 4.69) is 0 Å². The highest BCUT2D eigenvalue weighted by molar-refractivity contribution is 6.05. The van der Waals surface area contributed by atoms with Gasteiger partial charge in [-0.15, -0.1) is 0 Å². The fourth-order valence-corrected chi connectivity index (χ4v) is 2.50. The molecule has 0 saturated heterocycles. The fraction of sp³-hybridized carbons (Fsp3) is 0. The molecule has 1 aliphatic rings. The second-order valence-electron chi connectivity index (χ2n) is 4.55. The second-order valence-corrected chi connectivity index (χ2v) is 4.55. The van der Waals surface area contributed by atoms with Crippen molar-refractivity contribution in [2.75, 3.05) is 0 Å². The van der Waals surface area contributed by atoms with Crippen LogP contribution in [0.25, 0.3) is 21.9 Å². The summed E-state index contributed by atoms with van der Waals surface area (Å²) in [6.45, 7) is 0. The molecule has 0 amide bonds. The average molecular weight is 268 g/mol.